The van der Waals surface area contributed by atoms with Crippen molar-refractivity contribution in [1.29, 1.82) is 0 Å². The van der Waals surface area contributed by atoms with E-state index in [9.17, 15) is 4.79 Å². The molecule has 3 rings (SSSR count). The lowest BCUT2D eigenvalue weighted by Crippen LogP contribution is -2.38. The topological polar surface area (TPSA) is 98.7 Å². The fraction of sp³-hybridized carbons (Fsp3) is 0.455. The van der Waals surface area contributed by atoms with Crippen molar-refractivity contribution in [2.24, 2.45) is 11.7 Å². The van der Waals surface area contributed by atoms with Crippen molar-refractivity contribution in [3.05, 3.63) is 22.7 Å². The van der Waals surface area contributed by atoms with Gasteiger partial charge in [-0.05, 0) is 40.6 Å². The number of carbonyl (C=O) groups is 1. The summed E-state index contributed by atoms with van der Waals surface area (Å²) in [7, 11) is 0. The molecule has 2 heterocycles. The molecule has 0 aliphatic heterocycles. The Balaban J connectivity index is 1.68. The van der Waals surface area contributed by atoms with Gasteiger partial charge in [0.15, 0.2) is 0 Å². The molecule has 100 valence electrons. The van der Waals surface area contributed by atoms with E-state index in [4.69, 9.17) is 5.73 Å². The minimum atomic E-state index is -0.128. The molecule has 19 heavy (non-hydrogen) atoms. The molecule has 1 aliphatic carbocycles. The van der Waals surface area contributed by atoms with E-state index in [0.29, 0.717) is 23.0 Å². The van der Waals surface area contributed by atoms with Gasteiger partial charge in [-0.1, -0.05) is 0 Å². The Bertz CT molecular complexity index is 562. The lowest BCUT2D eigenvalue weighted by atomic mass is 10.2. The van der Waals surface area contributed by atoms with Crippen LogP contribution >= 0.6 is 11.3 Å². The standard InChI is InChI=1S/C11H14N6OS/c12-8(7-1-2-7)5-13-11(18)10-9(3-4-19-10)17-6-14-15-16-17/h3-4,6-8H,1-2,5,12H2,(H,13,18). The van der Waals surface area contributed by atoms with Crippen LogP contribution in [0.2, 0.25) is 0 Å². The first kappa shape index (κ1) is 12.2. The molecule has 2 aromatic heterocycles. The first-order valence-corrected chi connectivity index (χ1v) is 6.98. The van der Waals surface area contributed by atoms with E-state index in [2.05, 4.69) is 20.8 Å². The van der Waals surface area contributed by atoms with Crippen LogP contribution in [-0.2, 0) is 0 Å². The number of nitrogens with one attached hydrogen (secondary N) is 1. The molecule has 2 aromatic rings. The molecule has 7 nitrogen and oxygen atoms in total. The number of rotatable bonds is 5. The van der Waals surface area contributed by atoms with Gasteiger partial charge in [-0.15, -0.1) is 16.4 Å². The van der Waals surface area contributed by atoms with Gasteiger partial charge in [-0.3, -0.25) is 4.79 Å². The van der Waals surface area contributed by atoms with Crippen LogP contribution in [0.5, 0.6) is 0 Å². The van der Waals surface area contributed by atoms with Crippen molar-refractivity contribution in [1.82, 2.24) is 25.5 Å². The molecule has 8 heteroatoms. The van der Waals surface area contributed by atoms with Gasteiger partial charge in [0, 0.05) is 12.6 Å². The van der Waals surface area contributed by atoms with Crippen molar-refractivity contribution in [2.45, 2.75) is 18.9 Å². The van der Waals surface area contributed by atoms with Crippen molar-refractivity contribution < 1.29 is 4.79 Å². The molecule has 3 N–H and O–H groups in total. The van der Waals surface area contributed by atoms with E-state index in [1.54, 1.807) is 0 Å². The first-order chi connectivity index (χ1) is 9.25. The number of nitrogens with two attached hydrogens (primary N) is 1. The zero-order chi connectivity index (χ0) is 13.2. The molecule has 1 fully saturated rings. The highest BCUT2D eigenvalue weighted by molar-refractivity contribution is 7.12. The number of carbonyl (C=O) groups excluding carboxylic acids is 1. The van der Waals surface area contributed by atoms with Gasteiger partial charge < -0.3 is 11.1 Å². The van der Waals surface area contributed by atoms with Crippen LogP contribution in [-0.4, -0.2) is 38.7 Å². The largest absolute Gasteiger partial charge is 0.350 e. The molecule has 1 amide bonds. The number of thiophene rings is 1. The van der Waals surface area contributed by atoms with Gasteiger partial charge in [-0.25, -0.2) is 0 Å². The Hall–Kier alpha value is -1.80. The number of hydrogen-bond acceptors (Lipinski definition) is 6. The Morgan fingerprint density at radius 1 is 1.63 bits per heavy atom. The van der Waals surface area contributed by atoms with Crippen molar-refractivity contribution >= 4 is 17.2 Å². The number of aromatic nitrogens is 4. The number of tetrazole rings is 1. The second kappa shape index (κ2) is 5.06. The quantitative estimate of drug-likeness (QED) is 0.813. The average Bonchev–Trinajstić information content (AvgIpc) is 2.94. The molecule has 0 saturated heterocycles. The summed E-state index contributed by atoms with van der Waals surface area (Å²) in [5.41, 5.74) is 6.65. The molecular weight excluding hydrogens is 264 g/mol. The minimum Gasteiger partial charge on any atom is -0.350 e. The Labute approximate surface area is 113 Å². The molecule has 1 atom stereocenters. The van der Waals surface area contributed by atoms with Gasteiger partial charge in [-0.2, -0.15) is 4.68 Å². The van der Waals surface area contributed by atoms with Gasteiger partial charge >= 0.3 is 0 Å². The summed E-state index contributed by atoms with van der Waals surface area (Å²) in [6, 6.07) is 1.87. The van der Waals surface area contributed by atoms with Crippen LogP contribution in [0.15, 0.2) is 17.8 Å². The number of hydrogen-bond donors (Lipinski definition) is 2. The van der Waals surface area contributed by atoms with Crippen LogP contribution in [0, 0.1) is 5.92 Å². The van der Waals surface area contributed by atoms with Crippen LogP contribution in [0.1, 0.15) is 22.5 Å². The third-order valence-corrected chi connectivity index (χ3v) is 4.07. The third kappa shape index (κ3) is 2.64. The molecule has 0 radical (unpaired) electrons. The Morgan fingerprint density at radius 3 is 3.16 bits per heavy atom. The highest BCUT2D eigenvalue weighted by Crippen LogP contribution is 2.31. The van der Waals surface area contributed by atoms with Crippen molar-refractivity contribution in [2.75, 3.05) is 6.54 Å². The SMILES string of the molecule is NC(CNC(=O)c1sccc1-n1cnnn1)C1CC1. The maximum absolute atomic E-state index is 12.1. The molecule has 0 spiro atoms. The normalized spacial score (nSPS) is 16.3. The maximum atomic E-state index is 12.1. The van der Waals surface area contributed by atoms with E-state index in [1.807, 2.05) is 11.4 Å². The van der Waals surface area contributed by atoms with E-state index >= 15 is 0 Å². The van der Waals surface area contributed by atoms with Crippen LogP contribution < -0.4 is 11.1 Å². The molecule has 1 aliphatic rings. The first-order valence-electron chi connectivity index (χ1n) is 6.10. The van der Waals surface area contributed by atoms with E-state index < -0.39 is 0 Å². The predicted octanol–water partition coefficient (Wildman–Crippen LogP) is 0.191. The highest BCUT2D eigenvalue weighted by atomic mass is 32.1. The molecule has 0 bridgehead atoms. The van der Waals surface area contributed by atoms with Crippen LogP contribution in [0.3, 0.4) is 0 Å². The lowest BCUT2D eigenvalue weighted by Gasteiger charge is -2.11. The summed E-state index contributed by atoms with van der Waals surface area (Å²) in [5.74, 6) is 0.444. The summed E-state index contributed by atoms with van der Waals surface area (Å²) in [5, 5.41) is 15.6. The molecular formula is C11H14N6OS. The number of amides is 1. The fourth-order valence-electron chi connectivity index (χ4n) is 1.91. The van der Waals surface area contributed by atoms with Crippen LogP contribution in [0.4, 0.5) is 0 Å². The minimum absolute atomic E-state index is 0.0559. The van der Waals surface area contributed by atoms with E-state index in [1.165, 1.54) is 35.2 Å². The van der Waals surface area contributed by atoms with Crippen LogP contribution in [0.25, 0.3) is 5.69 Å². The predicted molar refractivity (Wildman–Crippen MR) is 70.1 cm³/mol. The summed E-state index contributed by atoms with van der Waals surface area (Å²) in [6.45, 7) is 0.510. The summed E-state index contributed by atoms with van der Waals surface area (Å²) < 4.78 is 1.48. The average molecular weight is 278 g/mol. The smallest absolute Gasteiger partial charge is 0.263 e. The number of nitrogens with zero attached hydrogens (tertiary/aromatic N) is 4. The van der Waals surface area contributed by atoms with E-state index in [-0.39, 0.29) is 11.9 Å². The summed E-state index contributed by atoms with van der Waals surface area (Å²) in [6.07, 6.45) is 3.81. The van der Waals surface area contributed by atoms with Gasteiger partial charge in [0.1, 0.15) is 11.2 Å². The van der Waals surface area contributed by atoms with Gasteiger partial charge in [0.05, 0.1) is 5.69 Å². The zero-order valence-electron chi connectivity index (χ0n) is 10.2. The fourth-order valence-corrected chi connectivity index (χ4v) is 2.70. The third-order valence-electron chi connectivity index (χ3n) is 3.17. The molecule has 1 saturated carbocycles. The lowest BCUT2D eigenvalue weighted by molar-refractivity contribution is 0.0954. The Kier molecular flexibility index (Phi) is 3.26. The molecule has 1 unspecified atom stereocenters. The summed E-state index contributed by atoms with van der Waals surface area (Å²) >= 11 is 1.36. The van der Waals surface area contributed by atoms with Crippen molar-refractivity contribution in [3.63, 3.8) is 0 Å². The maximum Gasteiger partial charge on any atom is 0.263 e. The van der Waals surface area contributed by atoms with Gasteiger partial charge in [0.2, 0.25) is 0 Å². The molecule has 0 aromatic carbocycles. The summed E-state index contributed by atoms with van der Waals surface area (Å²) in [4.78, 5) is 12.7. The van der Waals surface area contributed by atoms with E-state index in [0.717, 1.165) is 0 Å². The second-order valence-electron chi connectivity index (χ2n) is 4.60. The Morgan fingerprint density at radius 2 is 2.47 bits per heavy atom. The van der Waals surface area contributed by atoms with Crippen molar-refractivity contribution in [3.8, 4) is 5.69 Å². The highest BCUT2D eigenvalue weighted by Gasteiger charge is 2.28. The van der Waals surface area contributed by atoms with Gasteiger partial charge in [0.25, 0.3) is 5.91 Å². The zero-order valence-corrected chi connectivity index (χ0v) is 11.0. The monoisotopic (exact) mass is 278 g/mol. The second-order valence-corrected chi connectivity index (χ2v) is 5.52.